The minimum atomic E-state index is 0.576. The Kier molecular flexibility index (Phi) is 1.74. The van der Waals surface area contributed by atoms with Gasteiger partial charge < -0.3 is 5.73 Å². The Balaban J connectivity index is 1.88. The molecular weight excluding hydrogens is 158 g/mol. The van der Waals surface area contributed by atoms with Crippen molar-refractivity contribution in [3.63, 3.8) is 0 Å². The van der Waals surface area contributed by atoms with Crippen LogP contribution in [0.2, 0.25) is 0 Å². The van der Waals surface area contributed by atoms with Gasteiger partial charge in [-0.2, -0.15) is 0 Å². The molecule has 0 aliphatic heterocycles. The molecule has 0 heterocycles. The third-order valence-electron chi connectivity index (χ3n) is 5.24. The van der Waals surface area contributed by atoms with Gasteiger partial charge in [0.05, 0.1) is 0 Å². The minimum absolute atomic E-state index is 0.576. The highest BCUT2D eigenvalue weighted by Crippen LogP contribution is 2.60. The smallest absolute Gasteiger partial charge is 0.0127 e. The monoisotopic (exact) mass is 179 g/mol. The molecule has 3 atom stereocenters. The van der Waals surface area contributed by atoms with Crippen molar-refractivity contribution in [2.75, 3.05) is 0 Å². The van der Waals surface area contributed by atoms with E-state index in [1.807, 2.05) is 0 Å². The summed E-state index contributed by atoms with van der Waals surface area (Å²) in [5.74, 6) is 1.93. The molecule has 3 fully saturated rings. The van der Waals surface area contributed by atoms with E-state index in [2.05, 4.69) is 0 Å². The van der Waals surface area contributed by atoms with Gasteiger partial charge in [-0.15, -0.1) is 0 Å². The Morgan fingerprint density at radius 1 is 1.00 bits per heavy atom. The molecule has 3 rings (SSSR count). The summed E-state index contributed by atoms with van der Waals surface area (Å²) >= 11 is 0. The van der Waals surface area contributed by atoms with Gasteiger partial charge in [-0.05, 0) is 49.4 Å². The van der Waals surface area contributed by atoms with Crippen molar-refractivity contribution in [3.05, 3.63) is 0 Å². The summed E-state index contributed by atoms with van der Waals surface area (Å²) in [6.45, 7) is 0. The maximum atomic E-state index is 6.43. The topological polar surface area (TPSA) is 26.0 Å². The van der Waals surface area contributed by atoms with E-state index < -0.39 is 0 Å². The molecule has 2 bridgehead atoms. The highest BCUT2D eigenvalue weighted by Gasteiger charge is 2.55. The molecule has 74 valence electrons. The molecule has 3 saturated carbocycles. The van der Waals surface area contributed by atoms with Gasteiger partial charge in [0.1, 0.15) is 0 Å². The van der Waals surface area contributed by atoms with Gasteiger partial charge in [0.2, 0.25) is 0 Å². The lowest BCUT2D eigenvalue weighted by molar-refractivity contribution is 0.0779. The summed E-state index contributed by atoms with van der Waals surface area (Å²) in [4.78, 5) is 0. The van der Waals surface area contributed by atoms with Gasteiger partial charge in [-0.3, -0.25) is 0 Å². The summed E-state index contributed by atoms with van der Waals surface area (Å²) in [6.07, 6.45) is 11.7. The van der Waals surface area contributed by atoms with Gasteiger partial charge in [0.25, 0.3) is 0 Å². The fraction of sp³-hybridized carbons (Fsp3) is 1.00. The largest absolute Gasteiger partial charge is 0.327 e. The first-order valence-corrected chi connectivity index (χ1v) is 6.08. The summed E-state index contributed by atoms with van der Waals surface area (Å²) < 4.78 is 0. The molecule has 2 N–H and O–H groups in total. The molecule has 0 aromatic carbocycles. The molecule has 13 heavy (non-hydrogen) atoms. The molecule has 0 amide bonds. The van der Waals surface area contributed by atoms with Gasteiger partial charge in [-0.25, -0.2) is 0 Å². The average Bonchev–Trinajstić information content (AvgIpc) is 2.73. The Morgan fingerprint density at radius 3 is 2.38 bits per heavy atom. The molecule has 1 heteroatoms. The second-order valence-corrected chi connectivity index (χ2v) is 5.59. The molecule has 3 aliphatic rings. The average molecular weight is 179 g/mol. The van der Waals surface area contributed by atoms with Crippen molar-refractivity contribution < 1.29 is 0 Å². The van der Waals surface area contributed by atoms with Crippen molar-refractivity contribution in [2.45, 2.75) is 57.4 Å². The predicted octanol–water partition coefficient (Wildman–Crippen LogP) is 2.69. The SMILES string of the molecule is N[C@H]1[C@H]2CC[C@H](C2)C12CCCCC2. The second-order valence-electron chi connectivity index (χ2n) is 5.59. The van der Waals surface area contributed by atoms with E-state index in [9.17, 15) is 0 Å². The molecule has 0 radical (unpaired) electrons. The van der Waals surface area contributed by atoms with E-state index in [1.165, 1.54) is 51.4 Å². The molecule has 0 unspecified atom stereocenters. The third kappa shape index (κ3) is 0.971. The maximum absolute atomic E-state index is 6.43. The minimum Gasteiger partial charge on any atom is -0.327 e. The normalized spacial score (nSPS) is 47.3. The predicted molar refractivity (Wildman–Crippen MR) is 54.3 cm³/mol. The van der Waals surface area contributed by atoms with E-state index in [0.29, 0.717) is 11.5 Å². The zero-order chi connectivity index (χ0) is 8.89. The first-order valence-electron chi connectivity index (χ1n) is 6.08. The number of rotatable bonds is 0. The Labute approximate surface area is 81.1 Å². The number of hydrogen-bond donors (Lipinski definition) is 1. The number of nitrogens with two attached hydrogens (primary N) is 1. The molecule has 0 aromatic heterocycles. The summed E-state index contributed by atoms with van der Waals surface area (Å²) in [6, 6.07) is 0.576. The lowest BCUT2D eigenvalue weighted by atomic mass is 9.62. The fourth-order valence-electron chi connectivity index (χ4n) is 4.56. The summed E-state index contributed by atoms with van der Waals surface area (Å²) in [5, 5.41) is 0. The standard InChI is InChI=1S/C12H21N/c13-11-9-4-5-10(8-9)12(11)6-2-1-3-7-12/h9-11H,1-8,13H2/t9-,10+,11-/m0/s1. The van der Waals surface area contributed by atoms with Crippen molar-refractivity contribution >= 4 is 0 Å². The van der Waals surface area contributed by atoms with Crippen LogP contribution in [0.25, 0.3) is 0 Å². The highest BCUT2D eigenvalue weighted by molar-refractivity contribution is 5.09. The zero-order valence-electron chi connectivity index (χ0n) is 8.47. The van der Waals surface area contributed by atoms with Crippen LogP contribution in [0.15, 0.2) is 0 Å². The van der Waals surface area contributed by atoms with Crippen molar-refractivity contribution in [2.24, 2.45) is 23.0 Å². The van der Waals surface area contributed by atoms with E-state index in [0.717, 1.165) is 11.8 Å². The lowest BCUT2D eigenvalue weighted by Gasteiger charge is -2.45. The first-order chi connectivity index (χ1) is 6.33. The fourth-order valence-corrected chi connectivity index (χ4v) is 4.56. The molecule has 3 aliphatic carbocycles. The number of fused-ring (bicyclic) bond motifs is 3. The number of hydrogen-bond acceptors (Lipinski definition) is 1. The van der Waals surface area contributed by atoms with Crippen molar-refractivity contribution in [3.8, 4) is 0 Å². The van der Waals surface area contributed by atoms with Crippen molar-refractivity contribution in [1.29, 1.82) is 0 Å². The van der Waals surface area contributed by atoms with Crippen LogP contribution in [0.3, 0.4) is 0 Å². The molecule has 1 nitrogen and oxygen atoms in total. The molecular formula is C12H21N. The zero-order valence-corrected chi connectivity index (χ0v) is 8.47. The highest BCUT2D eigenvalue weighted by atomic mass is 14.8. The van der Waals surface area contributed by atoms with Crippen LogP contribution in [-0.4, -0.2) is 6.04 Å². The van der Waals surface area contributed by atoms with Crippen LogP contribution in [0.1, 0.15) is 51.4 Å². The Bertz CT molecular complexity index is 201. The molecule has 0 saturated heterocycles. The quantitative estimate of drug-likeness (QED) is 0.608. The van der Waals surface area contributed by atoms with Gasteiger partial charge in [0.15, 0.2) is 0 Å². The van der Waals surface area contributed by atoms with E-state index in [1.54, 1.807) is 0 Å². The third-order valence-corrected chi connectivity index (χ3v) is 5.24. The van der Waals surface area contributed by atoms with Gasteiger partial charge in [0, 0.05) is 6.04 Å². The summed E-state index contributed by atoms with van der Waals surface area (Å²) in [7, 11) is 0. The second kappa shape index (κ2) is 2.73. The van der Waals surface area contributed by atoms with Crippen molar-refractivity contribution in [1.82, 2.24) is 0 Å². The Hall–Kier alpha value is -0.0400. The van der Waals surface area contributed by atoms with Gasteiger partial charge in [-0.1, -0.05) is 19.3 Å². The maximum Gasteiger partial charge on any atom is 0.0127 e. The van der Waals surface area contributed by atoms with Crippen LogP contribution in [0, 0.1) is 17.3 Å². The lowest BCUT2D eigenvalue weighted by Crippen LogP contribution is -2.47. The van der Waals surface area contributed by atoms with Crippen LogP contribution in [-0.2, 0) is 0 Å². The van der Waals surface area contributed by atoms with E-state index in [-0.39, 0.29) is 0 Å². The van der Waals surface area contributed by atoms with E-state index >= 15 is 0 Å². The Morgan fingerprint density at radius 2 is 1.77 bits per heavy atom. The van der Waals surface area contributed by atoms with Crippen LogP contribution < -0.4 is 5.73 Å². The van der Waals surface area contributed by atoms with Crippen LogP contribution in [0.5, 0.6) is 0 Å². The van der Waals surface area contributed by atoms with E-state index in [4.69, 9.17) is 5.73 Å². The molecule has 0 aromatic rings. The first kappa shape index (κ1) is 8.28. The van der Waals surface area contributed by atoms with Gasteiger partial charge >= 0.3 is 0 Å². The van der Waals surface area contributed by atoms with Crippen LogP contribution in [0.4, 0.5) is 0 Å². The van der Waals surface area contributed by atoms with Crippen LogP contribution >= 0.6 is 0 Å². The molecule has 1 spiro atoms. The summed E-state index contributed by atoms with van der Waals surface area (Å²) in [5.41, 5.74) is 7.06.